The van der Waals surface area contributed by atoms with Gasteiger partial charge in [0.1, 0.15) is 10.7 Å². The molecule has 112 valence electrons. The molecule has 0 atom stereocenters. The number of pyridine rings is 1. The summed E-state index contributed by atoms with van der Waals surface area (Å²) < 4.78 is 40.1. The van der Waals surface area contributed by atoms with Gasteiger partial charge in [-0.2, -0.15) is 4.31 Å². The van der Waals surface area contributed by atoms with E-state index in [1.807, 2.05) is 6.92 Å². The molecule has 0 amide bonds. The van der Waals surface area contributed by atoms with Crippen molar-refractivity contribution in [2.24, 2.45) is 0 Å². The zero-order valence-electron chi connectivity index (χ0n) is 11.5. The Kier molecular flexibility index (Phi) is 5.06. The molecular weight excluding hydrogens is 281 g/mol. The van der Waals surface area contributed by atoms with E-state index in [2.05, 4.69) is 10.3 Å². The third kappa shape index (κ3) is 3.34. The standard InChI is InChI=1S/C13H20FN3O2S/c1-2-7-17(12-3-5-15-6-4-12)20(18,19)13-8-11(14)9-16-10-13/h8-10,12,15H,2-7H2,1H3. The van der Waals surface area contributed by atoms with Crippen LogP contribution in [-0.2, 0) is 10.0 Å². The number of halogens is 1. The molecular formula is C13H20FN3O2S. The Hall–Kier alpha value is -1.05. The molecule has 0 bridgehead atoms. The lowest BCUT2D eigenvalue weighted by atomic mass is 10.1. The molecule has 0 saturated carbocycles. The van der Waals surface area contributed by atoms with Crippen LogP contribution in [0, 0.1) is 5.82 Å². The van der Waals surface area contributed by atoms with Gasteiger partial charge in [-0.3, -0.25) is 4.98 Å². The smallest absolute Gasteiger partial charge is 0.244 e. The van der Waals surface area contributed by atoms with Crippen LogP contribution in [0.25, 0.3) is 0 Å². The Bertz CT molecular complexity index is 544. The summed E-state index contributed by atoms with van der Waals surface area (Å²) in [6, 6.07) is 1.01. The third-order valence-corrected chi connectivity index (χ3v) is 5.36. The molecule has 0 aromatic carbocycles. The van der Waals surface area contributed by atoms with Crippen molar-refractivity contribution in [1.29, 1.82) is 0 Å². The maximum atomic E-state index is 13.2. The van der Waals surface area contributed by atoms with Gasteiger partial charge < -0.3 is 5.32 Å². The largest absolute Gasteiger partial charge is 0.317 e. The van der Waals surface area contributed by atoms with Gasteiger partial charge in [0.15, 0.2) is 0 Å². The van der Waals surface area contributed by atoms with Crippen LogP contribution in [0.4, 0.5) is 4.39 Å². The highest BCUT2D eigenvalue weighted by Crippen LogP contribution is 2.22. The highest BCUT2D eigenvalue weighted by atomic mass is 32.2. The summed E-state index contributed by atoms with van der Waals surface area (Å²) in [5, 5.41) is 3.22. The quantitative estimate of drug-likeness (QED) is 0.892. The predicted octanol–water partition coefficient (Wildman–Crippen LogP) is 1.37. The first-order valence-corrected chi connectivity index (χ1v) is 8.33. The summed E-state index contributed by atoms with van der Waals surface area (Å²) in [4.78, 5) is 3.58. The Morgan fingerprint density at radius 3 is 2.70 bits per heavy atom. The Balaban J connectivity index is 2.31. The first-order chi connectivity index (χ1) is 9.55. The summed E-state index contributed by atoms with van der Waals surface area (Å²) in [6.07, 6.45) is 4.51. The number of aromatic nitrogens is 1. The van der Waals surface area contributed by atoms with Crippen molar-refractivity contribution in [3.63, 3.8) is 0 Å². The molecule has 1 fully saturated rings. The molecule has 1 N–H and O–H groups in total. The van der Waals surface area contributed by atoms with E-state index in [4.69, 9.17) is 0 Å². The van der Waals surface area contributed by atoms with Gasteiger partial charge in [0, 0.05) is 18.8 Å². The fraction of sp³-hybridized carbons (Fsp3) is 0.615. The number of nitrogens with one attached hydrogen (secondary N) is 1. The number of hydrogen-bond acceptors (Lipinski definition) is 4. The first kappa shape index (κ1) is 15.3. The van der Waals surface area contributed by atoms with Gasteiger partial charge >= 0.3 is 0 Å². The molecule has 2 heterocycles. The van der Waals surface area contributed by atoms with E-state index in [9.17, 15) is 12.8 Å². The van der Waals surface area contributed by atoms with Crippen molar-refractivity contribution in [3.8, 4) is 0 Å². The number of hydrogen-bond donors (Lipinski definition) is 1. The second-order valence-electron chi connectivity index (χ2n) is 4.94. The van der Waals surface area contributed by atoms with Crippen molar-refractivity contribution < 1.29 is 12.8 Å². The van der Waals surface area contributed by atoms with Crippen LogP contribution >= 0.6 is 0 Å². The SMILES string of the molecule is CCCN(C1CCNCC1)S(=O)(=O)c1cncc(F)c1. The molecule has 0 unspecified atom stereocenters. The molecule has 1 aromatic rings. The number of piperidine rings is 1. The van der Waals surface area contributed by atoms with Crippen LogP contribution in [0.5, 0.6) is 0 Å². The zero-order valence-corrected chi connectivity index (χ0v) is 12.4. The van der Waals surface area contributed by atoms with E-state index < -0.39 is 15.8 Å². The molecule has 2 rings (SSSR count). The van der Waals surface area contributed by atoms with Crippen molar-refractivity contribution in [3.05, 3.63) is 24.3 Å². The fourth-order valence-electron chi connectivity index (χ4n) is 2.48. The lowest BCUT2D eigenvalue weighted by Gasteiger charge is -2.33. The van der Waals surface area contributed by atoms with Gasteiger partial charge in [0.2, 0.25) is 10.0 Å². The second-order valence-corrected chi connectivity index (χ2v) is 6.83. The lowest BCUT2D eigenvalue weighted by molar-refractivity contribution is 0.262. The lowest BCUT2D eigenvalue weighted by Crippen LogP contribution is -2.46. The van der Waals surface area contributed by atoms with Gasteiger partial charge in [0.25, 0.3) is 0 Å². The maximum Gasteiger partial charge on any atom is 0.244 e. The maximum absolute atomic E-state index is 13.2. The molecule has 1 saturated heterocycles. The van der Waals surface area contributed by atoms with Crippen LogP contribution in [0.3, 0.4) is 0 Å². The molecule has 0 radical (unpaired) electrons. The summed E-state index contributed by atoms with van der Waals surface area (Å²) in [5.74, 6) is -0.632. The van der Waals surface area contributed by atoms with Crippen LogP contribution in [-0.4, -0.2) is 43.4 Å². The highest BCUT2D eigenvalue weighted by Gasteiger charge is 2.32. The van der Waals surface area contributed by atoms with Gasteiger partial charge in [0.05, 0.1) is 6.20 Å². The molecule has 1 aromatic heterocycles. The topological polar surface area (TPSA) is 62.3 Å². The van der Waals surface area contributed by atoms with E-state index in [1.165, 1.54) is 10.5 Å². The van der Waals surface area contributed by atoms with E-state index >= 15 is 0 Å². The predicted molar refractivity (Wildman–Crippen MR) is 74.3 cm³/mol. The molecule has 0 aliphatic carbocycles. The monoisotopic (exact) mass is 301 g/mol. The van der Waals surface area contributed by atoms with Crippen molar-refractivity contribution in [2.45, 2.75) is 37.1 Å². The fourth-order valence-corrected chi connectivity index (χ4v) is 4.24. The average Bonchev–Trinajstić information content (AvgIpc) is 2.45. The molecule has 1 aliphatic rings. The Morgan fingerprint density at radius 2 is 2.10 bits per heavy atom. The second kappa shape index (κ2) is 6.60. The molecule has 0 spiro atoms. The minimum Gasteiger partial charge on any atom is -0.317 e. The summed E-state index contributed by atoms with van der Waals surface area (Å²) in [6.45, 7) is 4.00. The van der Waals surface area contributed by atoms with E-state index in [1.54, 1.807) is 0 Å². The Labute approximate surface area is 119 Å². The number of rotatable bonds is 5. The van der Waals surface area contributed by atoms with Crippen molar-refractivity contribution in [1.82, 2.24) is 14.6 Å². The summed E-state index contributed by atoms with van der Waals surface area (Å²) in [7, 11) is -3.68. The van der Waals surface area contributed by atoms with E-state index in [0.29, 0.717) is 6.54 Å². The minimum absolute atomic E-state index is 0.0236. The van der Waals surface area contributed by atoms with Crippen LogP contribution < -0.4 is 5.32 Å². The van der Waals surface area contributed by atoms with Crippen molar-refractivity contribution in [2.75, 3.05) is 19.6 Å². The third-order valence-electron chi connectivity index (χ3n) is 3.45. The van der Waals surface area contributed by atoms with Crippen LogP contribution in [0.1, 0.15) is 26.2 Å². The van der Waals surface area contributed by atoms with Crippen LogP contribution in [0.15, 0.2) is 23.4 Å². The van der Waals surface area contributed by atoms with Gasteiger partial charge in [-0.25, -0.2) is 12.8 Å². The van der Waals surface area contributed by atoms with Gasteiger partial charge in [-0.1, -0.05) is 6.92 Å². The van der Waals surface area contributed by atoms with Gasteiger partial charge in [-0.15, -0.1) is 0 Å². The zero-order chi connectivity index (χ0) is 14.6. The van der Waals surface area contributed by atoms with E-state index in [-0.39, 0.29) is 10.9 Å². The molecule has 5 nitrogen and oxygen atoms in total. The van der Waals surface area contributed by atoms with Crippen molar-refractivity contribution >= 4 is 10.0 Å². The summed E-state index contributed by atoms with van der Waals surface area (Å²) >= 11 is 0. The highest BCUT2D eigenvalue weighted by molar-refractivity contribution is 7.89. The number of nitrogens with zero attached hydrogens (tertiary/aromatic N) is 2. The van der Waals surface area contributed by atoms with Gasteiger partial charge in [-0.05, 0) is 38.4 Å². The molecule has 20 heavy (non-hydrogen) atoms. The summed E-state index contributed by atoms with van der Waals surface area (Å²) in [5.41, 5.74) is 0. The molecule has 1 aliphatic heterocycles. The first-order valence-electron chi connectivity index (χ1n) is 6.89. The number of sulfonamides is 1. The minimum atomic E-state index is -3.68. The Morgan fingerprint density at radius 1 is 1.40 bits per heavy atom. The van der Waals surface area contributed by atoms with Crippen LogP contribution in [0.2, 0.25) is 0 Å². The molecule has 7 heteroatoms. The van der Waals surface area contributed by atoms with E-state index in [0.717, 1.165) is 44.6 Å². The normalized spacial score (nSPS) is 17.6. The average molecular weight is 301 g/mol.